The number of carbonyl (C=O) groups is 6. The monoisotopic (exact) mass is 639 g/mol. The molecule has 252 valence electrons. The van der Waals surface area contributed by atoms with Crippen molar-refractivity contribution in [2.75, 3.05) is 6.54 Å². The van der Waals surface area contributed by atoms with E-state index in [9.17, 15) is 28.8 Å². The Hall–Kier alpha value is -3.90. The van der Waals surface area contributed by atoms with Crippen molar-refractivity contribution in [1.29, 1.82) is 0 Å². The third-order valence-electron chi connectivity index (χ3n) is 9.22. The van der Waals surface area contributed by atoms with Gasteiger partial charge < -0.3 is 26.2 Å². The minimum Gasteiger partial charge on any atom is -0.347 e. The molecule has 2 heterocycles. The lowest BCUT2D eigenvalue weighted by atomic mass is 9.85. The van der Waals surface area contributed by atoms with Gasteiger partial charge in [0.05, 0.1) is 12.2 Å². The number of fused-ring (bicyclic) bond motifs is 1. The van der Waals surface area contributed by atoms with Crippen molar-refractivity contribution < 1.29 is 28.8 Å². The van der Waals surface area contributed by atoms with E-state index in [1.165, 1.54) is 18.6 Å². The first-order valence-electron chi connectivity index (χ1n) is 16.6. The van der Waals surface area contributed by atoms with Gasteiger partial charge in [-0.15, -0.1) is 0 Å². The molecule has 13 nitrogen and oxygen atoms in total. The molecular formula is C33H49N7O6. The van der Waals surface area contributed by atoms with Gasteiger partial charge >= 0.3 is 0 Å². The summed E-state index contributed by atoms with van der Waals surface area (Å²) in [6.45, 7) is 11.3. The van der Waals surface area contributed by atoms with Crippen LogP contribution in [0.25, 0.3) is 0 Å². The summed E-state index contributed by atoms with van der Waals surface area (Å²) in [6.07, 6.45) is 9.25. The normalized spacial score (nSPS) is 22.8. The van der Waals surface area contributed by atoms with Crippen LogP contribution in [0, 0.1) is 23.2 Å². The first-order valence-corrected chi connectivity index (χ1v) is 16.6. The van der Waals surface area contributed by atoms with Crippen molar-refractivity contribution in [2.24, 2.45) is 23.2 Å². The first-order chi connectivity index (χ1) is 21.7. The van der Waals surface area contributed by atoms with Crippen LogP contribution in [-0.2, 0) is 24.0 Å². The lowest BCUT2D eigenvalue weighted by Crippen LogP contribution is -2.62. The predicted molar refractivity (Wildman–Crippen MR) is 169 cm³/mol. The fourth-order valence-corrected chi connectivity index (χ4v) is 6.54. The van der Waals surface area contributed by atoms with Crippen molar-refractivity contribution >= 4 is 35.3 Å². The molecule has 1 aromatic rings. The second-order valence-corrected chi connectivity index (χ2v) is 14.3. The first kappa shape index (κ1) is 35.0. The Balaban J connectivity index is 1.53. The smallest absolute Gasteiger partial charge is 0.289 e. The highest BCUT2D eigenvalue weighted by Crippen LogP contribution is 2.43. The number of carbonyl (C=O) groups excluding carboxylic acids is 6. The number of likely N-dealkylation sites (tertiary alicyclic amines) is 1. The van der Waals surface area contributed by atoms with Crippen LogP contribution in [0.1, 0.15) is 97.0 Å². The summed E-state index contributed by atoms with van der Waals surface area (Å²) in [5.74, 6) is -3.61. The van der Waals surface area contributed by atoms with Gasteiger partial charge in [-0.05, 0) is 55.3 Å². The molecule has 2 saturated carbocycles. The number of rotatable bonds is 13. The average Bonchev–Trinajstić information content (AvgIpc) is 3.57. The molecule has 5 amide bonds. The summed E-state index contributed by atoms with van der Waals surface area (Å²) in [7, 11) is 0. The van der Waals surface area contributed by atoms with Gasteiger partial charge in [0, 0.05) is 25.0 Å². The molecule has 6 atom stereocenters. The second-order valence-electron chi connectivity index (χ2n) is 14.3. The quantitative estimate of drug-likeness (QED) is 0.235. The molecule has 3 fully saturated rings. The molecule has 3 aliphatic rings. The second kappa shape index (κ2) is 14.7. The van der Waals surface area contributed by atoms with Crippen LogP contribution < -0.4 is 21.3 Å². The van der Waals surface area contributed by atoms with E-state index in [4.69, 9.17) is 0 Å². The number of nitrogens with zero attached hydrogens (tertiary/aromatic N) is 3. The number of ketones is 1. The maximum Gasteiger partial charge on any atom is 0.289 e. The highest BCUT2D eigenvalue weighted by atomic mass is 16.2. The Morgan fingerprint density at radius 3 is 2.28 bits per heavy atom. The number of Topliss-reactive ketones (excluding diaryl/α,β-unsaturated/α-hetero) is 1. The number of aromatic nitrogens is 2. The molecule has 0 bridgehead atoms. The minimum absolute atomic E-state index is 0.0109. The molecule has 13 heteroatoms. The van der Waals surface area contributed by atoms with E-state index >= 15 is 0 Å². The van der Waals surface area contributed by atoms with Gasteiger partial charge in [0.1, 0.15) is 23.8 Å². The topological polar surface area (TPSA) is 180 Å². The van der Waals surface area contributed by atoms with Crippen LogP contribution in [0.3, 0.4) is 0 Å². The summed E-state index contributed by atoms with van der Waals surface area (Å²) in [5.41, 5.74) is -0.685. The van der Waals surface area contributed by atoms with Crippen molar-refractivity contribution in [3.8, 4) is 0 Å². The van der Waals surface area contributed by atoms with E-state index in [2.05, 4.69) is 31.2 Å². The van der Waals surface area contributed by atoms with Crippen molar-refractivity contribution in [3.05, 3.63) is 24.3 Å². The Morgan fingerprint density at radius 2 is 1.70 bits per heavy atom. The van der Waals surface area contributed by atoms with Crippen LogP contribution in [0.4, 0.5) is 0 Å². The van der Waals surface area contributed by atoms with Gasteiger partial charge in [-0.1, -0.05) is 54.4 Å². The molecule has 0 unspecified atom stereocenters. The maximum absolute atomic E-state index is 14.4. The van der Waals surface area contributed by atoms with Gasteiger partial charge in [0.15, 0.2) is 0 Å². The zero-order valence-corrected chi connectivity index (χ0v) is 27.8. The molecule has 4 rings (SSSR count). The van der Waals surface area contributed by atoms with Crippen molar-refractivity contribution in [3.63, 3.8) is 0 Å². The molecule has 0 spiro atoms. The fourth-order valence-electron chi connectivity index (χ4n) is 6.54. The zero-order valence-electron chi connectivity index (χ0n) is 27.8. The van der Waals surface area contributed by atoms with E-state index in [1.54, 1.807) is 18.7 Å². The van der Waals surface area contributed by atoms with Crippen LogP contribution in [-0.4, -0.2) is 86.9 Å². The lowest BCUT2D eigenvalue weighted by molar-refractivity contribution is -0.146. The highest BCUT2D eigenvalue weighted by molar-refractivity contribution is 6.38. The van der Waals surface area contributed by atoms with E-state index in [1.807, 2.05) is 27.7 Å². The number of amides is 5. The van der Waals surface area contributed by atoms with E-state index < -0.39 is 64.9 Å². The van der Waals surface area contributed by atoms with E-state index in [-0.39, 0.29) is 29.5 Å². The van der Waals surface area contributed by atoms with Gasteiger partial charge in [-0.2, -0.15) is 0 Å². The molecule has 1 aromatic heterocycles. The summed E-state index contributed by atoms with van der Waals surface area (Å²) < 4.78 is 0. The van der Waals surface area contributed by atoms with Gasteiger partial charge in [0.2, 0.25) is 23.5 Å². The predicted octanol–water partition coefficient (Wildman–Crippen LogP) is 1.52. The molecule has 1 aliphatic heterocycles. The third-order valence-corrected chi connectivity index (χ3v) is 9.22. The molecule has 0 radical (unpaired) electrons. The molecule has 1 saturated heterocycles. The van der Waals surface area contributed by atoms with Gasteiger partial charge in [-0.3, -0.25) is 33.8 Å². The summed E-state index contributed by atoms with van der Waals surface area (Å²) >= 11 is 0. The largest absolute Gasteiger partial charge is 0.347 e. The third kappa shape index (κ3) is 8.27. The molecule has 2 aliphatic carbocycles. The average molecular weight is 640 g/mol. The lowest BCUT2D eigenvalue weighted by Gasteiger charge is -2.37. The molecule has 46 heavy (non-hydrogen) atoms. The van der Waals surface area contributed by atoms with Crippen molar-refractivity contribution in [1.82, 2.24) is 36.1 Å². The molecule has 0 aromatic carbocycles. The van der Waals surface area contributed by atoms with Gasteiger partial charge in [0.25, 0.3) is 11.8 Å². The Morgan fingerprint density at radius 1 is 0.978 bits per heavy atom. The van der Waals surface area contributed by atoms with Crippen LogP contribution in [0.15, 0.2) is 18.6 Å². The van der Waals surface area contributed by atoms with Crippen LogP contribution >= 0.6 is 0 Å². The maximum atomic E-state index is 14.4. The fraction of sp³-hybridized carbons (Fsp3) is 0.697. The Kier molecular flexibility index (Phi) is 11.2. The van der Waals surface area contributed by atoms with E-state index in [0.717, 1.165) is 32.1 Å². The summed E-state index contributed by atoms with van der Waals surface area (Å²) in [4.78, 5) is 90.0. The Labute approximate surface area is 270 Å². The van der Waals surface area contributed by atoms with E-state index in [0.29, 0.717) is 19.4 Å². The molecule has 4 N–H and O–H groups in total. The summed E-state index contributed by atoms with van der Waals surface area (Å²) in [5, 5.41) is 11.2. The zero-order chi connectivity index (χ0) is 33.8. The standard InChI is InChI=1S/C33H49N7O6/c1-7-9-22(26(41)31(45)36-20-12-13-20)37-30(44)25-21-11-8-10-19(21)17-40(25)32(46)27(33(4,5)6)39-29(43)24(18(2)3)38-28(42)23-16-34-14-15-35-23/h14-16,18-22,24-25,27H,7-13,17H2,1-6H3,(H,36,45)(H,37,44)(H,38,42)(H,39,43)/t19-,21-,22+,24+,25-,27-/m0/s1. The van der Waals surface area contributed by atoms with Gasteiger partial charge in [-0.25, -0.2) is 4.98 Å². The number of nitrogens with one attached hydrogen (secondary N) is 4. The van der Waals surface area contributed by atoms with Crippen LogP contribution in [0.2, 0.25) is 0 Å². The number of hydrogen-bond acceptors (Lipinski definition) is 8. The SMILES string of the molecule is CCC[C@@H](NC(=O)[C@@H]1[C@H]2CCC[C@H]2CN1C(=O)[C@H](NC(=O)[C@H](NC(=O)c1cnccn1)C(C)C)C(C)(C)C)C(=O)C(=O)NC1CC1. The number of hydrogen-bond donors (Lipinski definition) is 4. The summed E-state index contributed by atoms with van der Waals surface area (Å²) in [6, 6.07) is -3.79. The van der Waals surface area contributed by atoms with Crippen LogP contribution in [0.5, 0.6) is 0 Å². The Bertz CT molecular complexity index is 1310. The highest BCUT2D eigenvalue weighted by Gasteiger charge is 2.52. The molecular weight excluding hydrogens is 590 g/mol. The van der Waals surface area contributed by atoms with Crippen molar-refractivity contribution in [2.45, 2.75) is 117 Å². The minimum atomic E-state index is -1.01.